The van der Waals surface area contributed by atoms with Crippen molar-refractivity contribution in [3.63, 3.8) is 0 Å². The molecule has 0 radical (unpaired) electrons. The van der Waals surface area contributed by atoms with E-state index in [9.17, 15) is 14.4 Å². The molecule has 0 aromatic carbocycles. The van der Waals surface area contributed by atoms with Gasteiger partial charge in [-0.05, 0) is 6.08 Å². The van der Waals surface area contributed by atoms with Crippen LogP contribution >= 0.6 is 0 Å². The fraction of sp³-hybridized carbons (Fsp3) is 0.643. The lowest BCUT2D eigenvalue weighted by atomic mass is 10.0. The average Bonchev–Trinajstić information content (AvgIpc) is 2.66. The number of ether oxygens (including phenoxy) is 2. The second kappa shape index (κ2) is 11.1. The Labute approximate surface area is 148 Å². The Hall–Kier alpha value is -2.57. The van der Waals surface area contributed by atoms with E-state index in [1.165, 1.54) is 4.90 Å². The number of nitrogens with zero attached hydrogens (tertiary/aromatic N) is 1. The SMILES string of the molecule is O=C(O)C/C=C(/OO)N1CCOCCOCC1C(CC(=O)O)NC(=O)O. The van der Waals surface area contributed by atoms with E-state index >= 15 is 0 Å². The third kappa shape index (κ3) is 7.55. The van der Waals surface area contributed by atoms with Gasteiger partial charge in [0.05, 0.1) is 51.4 Å². The quantitative estimate of drug-likeness (QED) is 0.211. The zero-order chi connectivity index (χ0) is 19.5. The Morgan fingerprint density at radius 1 is 1.15 bits per heavy atom. The van der Waals surface area contributed by atoms with Gasteiger partial charge in [0.1, 0.15) is 0 Å². The molecular formula is C14H22N2O10. The molecule has 1 saturated heterocycles. The van der Waals surface area contributed by atoms with Crippen LogP contribution in [-0.4, -0.2) is 88.6 Å². The topological polar surface area (TPSA) is 175 Å². The van der Waals surface area contributed by atoms with Crippen LogP contribution in [0, 0.1) is 0 Å². The van der Waals surface area contributed by atoms with Crippen LogP contribution in [0.25, 0.3) is 0 Å². The van der Waals surface area contributed by atoms with Crippen molar-refractivity contribution in [1.82, 2.24) is 10.2 Å². The molecule has 0 spiro atoms. The van der Waals surface area contributed by atoms with Crippen LogP contribution in [0.4, 0.5) is 4.79 Å². The third-order valence-electron chi connectivity index (χ3n) is 3.53. The molecule has 1 amide bonds. The van der Waals surface area contributed by atoms with E-state index < -0.39 is 43.0 Å². The minimum Gasteiger partial charge on any atom is -0.481 e. The number of aliphatic carboxylic acids is 2. The molecule has 1 rings (SSSR count). The Kier molecular flexibility index (Phi) is 9.19. The molecule has 12 nitrogen and oxygen atoms in total. The van der Waals surface area contributed by atoms with E-state index in [-0.39, 0.29) is 38.9 Å². The van der Waals surface area contributed by atoms with E-state index in [0.29, 0.717) is 0 Å². The number of hydrogen-bond acceptors (Lipinski definition) is 8. The average molecular weight is 378 g/mol. The minimum absolute atomic E-state index is 0.0808. The molecule has 0 aromatic rings. The first kappa shape index (κ1) is 21.5. The number of rotatable bonds is 8. The van der Waals surface area contributed by atoms with Gasteiger partial charge in [0.2, 0.25) is 5.88 Å². The van der Waals surface area contributed by atoms with Crippen LogP contribution in [0.3, 0.4) is 0 Å². The summed E-state index contributed by atoms with van der Waals surface area (Å²) in [6.07, 6.45) is -1.40. The maximum atomic E-state index is 11.1. The molecule has 1 heterocycles. The van der Waals surface area contributed by atoms with Crippen molar-refractivity contribution >= 4 is 18.0 Å². The molecule has 1 aliphatic heterocycles. The maximum Gasteiger partial charge on any atom is 0.404 e. The Morgan fingerprint density at radius 2 is 1.85 bits per heavy atom. The van der Waals surface area contributed by atoms with Crippen LogP contribution in [0.5, 0.6) is 0 Å². The van der Waals surface area contributed by atoms with Crippen molar-refractivity contribution in [3.8, 4) is 0 Å². The highest BCUT2D eigenvalue weighted by atomic mass is 17.1. The van der Waals surface area contributed by atoms with Crippen molar-refractivity contribution in [3.05, 3.63) is 12.0 Å². The lowest BCUT2D eigenvalue weighted by Gasteiger charge is -2.36. The second-order valence-electron chi connectivity index (χ2n) is 5.33. The van der Waals surface area contributed by atoms with Crippen molar-refractivity contribution < 1.29 is 49.3 Å². The molecule has 12 heteroatoms. The Morgan fingerprint density at radius 3 is 2.42 bits per heavy atom. The summed E-state index contributed by atoms with van der Waals surface area (Å²) in [7, 11) is 0. The number of carbonyl (C=O) groups is 3. The Bertz CT molecular complexity index is 508. The molecule has 0 aliphatic carbocycles. The van der Waals surface area contributed by atoms with Crippen molar-refractivity contribution in [2.45, 2.75) is 24.9 Å². The summed E-state index contributed by atoms with van der Waals surface area (Å²) in [5, 5.41) is 38.1. The fourth-order valence-corrected chi connectivity index (χ4v) is 2.46. The van der Waals surface area contributed by atoms with E-state index in [1.807, 2.05) is 0 Å². The largest absolute Gasteiger partial charge is 0.481 e. The molecule has 26 heavy (non-hydrogen) atoms. The van der Waals surface area contributed by atoms with Gasteiger partial charge in [0, 0.05) is 6.54 Å². The summed E-state index contributed by atoms with van der Waals surface area (Å²) >= 11 is 0. The van der Waals surface area contributed by atoms with Gasteiger partial charge in [-0.3, -0.25) is 9.59 Å². The summed E-state index contributed by atoms with van der Waals surface area (Å²) < 4.78 is 10.7. The van der Waals surface area contributed by atoms with Gasteiger partial charge in [-0.2, -0.15) is 0 Å². The standard InChI is InChI=1S/C14H22N2O10/c17-12(18)2-1-11(26-23)16-3-4-24-5-6-25-8-10(16)9(7-13(19)20)15-14(21)22/h1,9-10,15,23H,2-8H2,(H,17,18)(H,19,20)(H,21,22)/b11-1+. The summed E-state index contributed by atoms with van der Waals surface area (Å²) in [4.78, 5) is 38.5. The first-order chi connectivity index (χ1) is 12.3. The molecular weight excluding hydrogens is 356 g/mol. The van der Waals surface area contributed by atoms with Crippen molar-refractivity contribution in [2.24, 2.45) is 0 Å². The molecule has 0 saturated carbocycles. The highest BCUT2D eigenvalue weighted by molar-refractivity contribution is 5.70. The summed E-state index contributed by atoms with van der Waals surface area (Å²) in [6.45, 7) is 0.587. The van der Waals surface area contributed by atoms with Crippen LogP contribution in [0.1, 0.15) is 12.8 Å². The van der Waals surface area contributed by atoms with E-state index in [2.05, 4.69) is 10.2 Å². The second-order valence-corrected chi connectivity index (χ2v) is 5.33. The predicted molar refractivity (Wildman–Crippen MR) is 83.4 cm³/mol. The van der Waals surface area contributed by atoms with E-state index in [1.54, 1.807) is 0 Å². The highest BCUT2D eigenvalue weighted by Crippen LogP contribution is 2.18. The van der Waals surface area contributed by atoms with Gasteiger partial charge in [0.25, 0.3) is 0 Å². The third-order valence-corrected chi connectivity index (χ3v) is 3.53. The molecule has 2 unspecified atom stereocenters. The maximum absolute atomic E-state index is 11.1. The molecule has 2 atom stereocenters. The molecule has 148 valence electrons. The molecule has 1 fully saturated rings. The summed E-state index contributed by atoms with van der Waals surface area (Å²) in [5.41, 5.74) is 0. The van der Waals surface area contributed by atoms with Gasteiger partial charge in [-0.15, -0.1) is 0 Å². The van der Waals surface area contributed by atoms with Crippen LogP contribution < -0.4 is 5.32 Å². The minimum atomic E-state index is -1.44. The van der Waals surface area contributed by atoms with Gasteiger partial charge < -0.3 is 39.9 Å². The molecule has 5 N–H and O–H groups in total. The zero-order valence-corrected chi connectivity index (χ0v) is 13.9. The number of carboxylic acids is 2. The van der Waals surface area contributed by atoms with Gasteiger partial charge in [0.15, 0.2) is 0 Å². The van der Waals surface area contributed by atoms with Gasteiger partial charge >= 0.3 is 18.0 Å². The van der Waals surface area contributed by atoms with Crippen LogP contribution in [0.15, 0.2) is 12.0 Å². The number of nitrogens with one attached hydrogen (secondary N) is 1. The molecule has 1 aliphatic rings. The lowest BCUT2D eigenvalue weighted by Crippen LogP contribution is -2.55. The van der Waals surface area contributed by atoms with Gasteiger partial charge in [-0.25, -0.2) is 10.1 Å². The van der Waals surface area contributed by atoms with Gasteiger partial charge in [-0.1, -0.05) is 0 Å². The first-order valence-corrected chi connectivity index (χ1v) is 7.72. The van der Waals surface area contributed by atoms with Crippen molar-refractivity contribution in [2.75, 3.05) is 33.0 Å². The highest BCUT2D eigenvalue weighted by Gasteiger charge is 2.33. The summed E-state index contributed by atoms with van der Waals surface area (Å²) in [6, 6.07) is -2.01. The summed E-state index contributed by atoms with van der Waals surface area (Å²) in [5.74, 6) is -2.70. The van der Waals surface area contributed by atoms with Crippen molar-refractivity contribution in [1.29, 1.82) is 0 Å². The monoisotopic (exact) mass is 378 g/mol. The Balaban J connectivity index is 3.18. The fourth-order valence-electron chi connectivity index (χ4n) is 2.46. The normalized spacial score (nSPS) is 20.3. The van der Waals surface area contributed by atoms with E-state index in [4.69, 9.17) is 30.1 Å². The van der Waals surface area contributed by atoms with Crippen LogP contribution in [0.2, 0.25) is 0 Å². The van der Waals surface area contributed by atoms with E-state index in [0.717, 1.165) is 6.08 Å². The molecule has 0 bridgehead atoms. The zero-order valence-electron chi connectivity index (χ0n) is 13.9. The number of carboxylic acid groups (broad SMARTS) is 3. The van der Waals surface area contributed by atoms with Crippen LogP contribution in [-0.2, 0) is 24.0 Å². The first-order valence-electron chi connectivity index (χ1n) is 7.72. The number of hydrogen-bond donors (Lipinski definition) is 5. The predicted octanol–water partition coefficient (Wildman–Crippen LogP) is -0.380. The smallest absolute Gasteiger partial charge is 0.404 e. The number of amides is 1. The lowest BCUT2D eigenvalue weighted by molar-refractivity contribution is -0.230. The molecule has 0 aromatic heterocycles.